The second-order valence-corrected chi connectivity index (χ2v) is 9.13. The van der Waals surface area contributed by atoms with Crippen molar-refractivity contribution in [3.05, 3.63) is 58.1 Å². The van der Waals surface area contributed by atoms with Gasteiger partial charge in [-0.05, 0) is 49.6 Å². The monoisotopic (exact) mass is 468 g/mol. The van der Waals surface area contributed by atoms with Gasteiger partial charge in [0.15, 0.2) is 0 Å². The molecule has 0 spiro atoms. The Morgan fingerprint density at radius 1 is 1.00 bits per heavy atom. The Bertz CT molecular complexity index is 1060. The van der Waals surface area contributed by atoms with Crippen molar-refractivity contribution in [1.29, 1.82) is 0 Å². The number of piperazine rings is 1. The van der Waals surface area contributed by atoms with Crippen molar-refractivity contribution in [2.75, 3.05) is 49.5 Å². The molecule has 2 aromatic rings. The first-order chi connectivity index (χ1) is 15.8. The lowest BCUT2D eigenvalue weighted by atomic mass is 10.1. The Labute approximate surface area is 199 Å². The summed E-state index contributed by atoms with van der Waals surface area (Å²) < 4.78 is 0. The smallest absolute Gasteiger partial charge is 0.256 e. The van der Waals surface area contributed by atoms with Crippen LogP contribution in [0.15, 0.2) is 36.4 Å². The molecule has 0 bridgehead atoms. The van der Waals surface area contributed by atoms with Crippen molar-refractivity contribution in [3.8, 4) is 0 Å². The van der Waals surface area contributed by atoms with Crippen LogP contribution in [0.5, 0.6) is 0 Å². The molecule has 1 N–H and O–H groups in total. The van der Waals surface area contributed by atoms with Crippen molar-refractivity contribution in [3.63, 3.8) is 0 Å². The van der Waals surface area contributed by atoms with E-state index in [4.69, 9.17) is 11.6 Å². The largest absolute Gasteiger partial charge is 0.336 e. The predicted octanol–water partition coefficient (Wildman–Crippen LogP) is 3.48. The van der Waals surface area contributed by atoms with E-state index in [-0.39, 0.29) is 24.3 Å². The van der Waals surface area contributed by atoms with Crippen LogP contribution < -0.4 is 10.2 Å². The summed E-state index contributed by atoms with van der Waals surface area (Å²) in [7, 11) is 0. The van der Waals surface area contributed by atoms with E-state index in [0.29, 0.717) is 55.4 Å². The molecule has 0 saturated carbocycles. The Morgan fingerprint density at radius 3 is 2.33 bits per heavy atom. The van der Waals surface area contributed by atoms with Crippen LogP contribution in [0.4, 0.5) is 11.4 Å². The maximum Gasteiger partial charge on any atom is 0.256 e. The molecule has 0 unspecified atom stereocenters. The van der Waals surface area contributed by atoms with Gasteiger partial charge < -0.3 is 15.1 Å². The number of rotatable bonds is 5. The molecule has 2 heterocycles. The number of carbonyl (C=O) groups excluding carboxylic acids is 3. The first-order valence-electron chi connectivity index (χ1n) is 11.3. The van der Waals surface area contributed by atoms with Gasteiger partial charge in [0, 0.05) is 49.9 Å². The average molecular weight is 469 g/mol. The molecular formula is C25H29ClN4O3. The molecule has 8 heteroatoms. The molecule has 2 saturated heterocycles. The van der Waals surface area contributed by atoms with Crippen LogP contribution >= 0.6 is 11.6 Å². The molecule has 2 aliphatic rings. The fourth-order valence-electron chi connectivity index (χ4n) is 4.48. The number of aryl methyl sites for hydroxylation is 2. The molecule has 0 aromatic heterocycles. The van der Waals surface area contributed by atoms with Gasteiger partial charge in [-0.3, -0.25) is 19.3 Å². The minimum absolute atomic E-state index is 0.0195. The number of carbonyl (C=O) groups is 3. The highest BCUT2D eigenvalue weighted by Gasteiger charge is 2.29. The number of para-hydroxylation sites is 1. The molecule has 4 rings (SSSR count). The van der Waals surface area contributed by atoms with Gasteiger partial charge in [0.1, 0.15) is 0 Å². The number of anilines is 2. The molecule has 2 aromatic carbocycles. The molecule has 3 amide bonds. The van der Waals surface area contributed by atoms with E-state index in [1.54, 1.807) is 28.0 Å². The van der Waals surface area contributed by atoms with E-state index in [9.17, 15) is 14.4 Å². The lowest BCUT2D eigenvalue weighted by molar-refractivity contribution is -0.118. The van der Waals surface area contributed by atoms with Gasteiger partial charge in [0.25, 0.3) is 5.91 Å². The first kappa shape index (κ1) is 23.3. The van der Waals surface area contributed by atoms with Crippen LogP contribution in [0.3, 0.4) is 0 Å². The lowest BCUT2D eigenvalue weighted by Gasteiger charge is -2.35. The normalized spacial score (nSPS) is 16.9. The zero-order valence-corrected chi connectivity index (χ0v) is 19.8. The number of hydrogen-bond donors (Lipinski definition) is 1. The molecule has 33 heavy (non-hydrogen) atoms. The molecule has 2 aliphatic heterocycles. The summed E-state index contributed by atoms with van der Waals surface area (Å²) in [6.07, 6.45) is 1.27. The number of nitrogens with zero attached hydrogens (tertiary/aromatic N) is 3. The quantitative estimate of drug-likeness (QED) is 0.729. The lowest BCUT2D eigenvalue weighted by Crippen LogP contribution is -2.50. The number of hydrogen-bond acceptors (Lipinski definition) is 4. The Morgan fingerprint density at radius 2 is 1.70 bits per heavy atom. The number of amides is 3. The highest BCUT2D eigenvalue weighted by atomic mass is 35.5. The fourth-order valence-corrected chi connectivity index (χ4v) is 4.65. The zero-order chi connectivity index (χ0) is 23.5. The van der Waals surface area contributed by atoms with E-state index in [2.05, 4.69) is 10.2 Å². The van der Waals surface area contributed by atoms with Crippen LogP contribution in [-0.2, 0) is 9.59 Å². The molecular weight excluding hydrogens is 440 g/mol. The number of halogens is 1. The molecule has 0 atom stereocenters. The summed E-state index contributed by atoms with van der Waals surface area (Å²) in [5.74, 6) is -0.147. The Balaban J connectivity index is 1.37. The fraction of sp³-hybridized carbons (Fsp3) is 0.400. The summed E-state index contributed by atoms with van der Waals surface area (Å²) in [5.41, 5.74) is 4.02. The van der Waals surface area contributed by atoms with Crippen LogP contribution in [-0.4, -0.2) is 66.8 Å². The van der Waals surface area contributed by atoms with Gasteiger partial charge in [-0.25, -0.2) is 0 Å². The third kappa shape index (κ3) is 5.20. The molecule has 174 valence electrons. The van der Waals surface area contributed by atoms with E-state index in [0.717, 1.165) is 23.2 Å². The van der Waals surface area contributed by atoms with Crippen molar-refractivity contribution in [2.24, 2.45) is 0 Å². The van der Waals surface area contributed by atoms with Crippen molar-refractivity contribution >= 4 is 40.7 Å². The number of benzene rings is 2. The molecule has 2 fully saturated rings. The van der Waals surface area contributed by atoms with E-state index >= 15 is 0 Å². The second-order valence-electron chi connectivity index (χ2n) is 8.69. The summed E-state index contributed by atoms with van der Waals surface area (Å²) in [6.45, 7) is 7.10. The van der Waals surface area contributed by atoms with Crippen LogP contribution in [0.25, 0.3) is 0 Å². The van der Waals surface area contributed by atoms with Crippen molar-refractivity contribution in [2.45, 2.75) is 26.7 Å². The Hall–Kier alpha value is -2.90. The Kier molecular flexibility index (Phi) is 7.00. The highest BCUT2D eigenvalue weighted by Crippen LogP contribution is 2.30. The minimum atomic E-state index is -0.110. The van der Waals surface area contributed by atoms with Crippen LogP contribution in [0, 0.1) is 13.8 Å². The van der Waals surface area contributed by atoms with Gasteiger partial charge >= 0.3 is 0 Å². The van der Waals surface area contributed by atoms with Gasteiger partial charge in [0.2, 0.25) is 11.8 Å². The zero-order valence-electron chi connectivity index (χ0n) is 19.1. The molecule has 0 radical (unpaired) electrons. The average Bonchev–Trinajstić information content (AvgIpc) is 3.22. The molecule has 7 nitrogen and oxygen atoms in total. The van der Waals surface area contributed by atoms with E-state index in [1.807, 2.05) is 32.0 Å². The standard InChI is InChI=1S/C25H29ClN4O3/c1-17-5-3-6-18(2)24(17)27-22(31)16-28-11-13-29(14-12-28)25(33)20-9-8-19(26)15-21(20)30-10-4-7-23(30)32/h3,5-6,8-9,15H,4,7,10-14,16H2,1-2H3,(H,27,31). The third-order valence-electron chi connectivity index (χ3n) is 6.33. The summed E-state index contributed by atoms with van der Waals surface area (Å²) in [4.78, 5) is 43.6. The van der Waals surface area contributed by atoms with E-state index in [1.165, 1.54) is 0 Å². The van der Waals surface area contributed by atoms with Crippen molar-refractivity contribution in [1.82, 2.24) is 9.80 Å². The summed E-state index contributed by atoms with van der Waals surface area (Å²) in [5, 5.41) is 3.52. The molecule has 0 aliphatic carbocycles. The highest BCUT2D eigenvalue weighted by molar-refractivity contribution is 6.31. The van der Waals surface area contributed by atoms with Gasteiger partial charge in [-0.2, -0.15) is 0 Å². The SMILES string of the molecule is Cc1cccc(C)c1NC(=O)CN1CCN(C(=O)c2ccc(Cl)cc2N2CCCC2=O)CC1. The van der Waals surface area contributed by atoms with Crippen molar-refractivity contribution < 1.29 is 14.4 Å². The predicted molar refractivity (Wildman–Crippen MR) is 130 cm³/mol. The van der Waals surface area contributed by atoms with Crippen LogP contribution in [0.2, 0.25) is 5.02 Å². The topological polar surface area (TPSA) is 73.0 Å². The number of nitrogens with one attached hydrogen (secondary N) is 1. The summed E-state index contributed by atoms with van der Waals surface area (Å²) in [6, 6.07) is 11.0. The minimum Gasteiger partial charge on any atom is -0.336 e. The summed E-state index contributed by atoms with van der Waals surface area (Å²) >= 11 is 6.17. The van der Waals surface area contributed by atoms with Gasteiger partial charge in [-0.1, -0.05) is 29.8 Å². The van der Waals surface area contributed by atoms with Gasteiger partial charge in [0.05, 0.1) is 17.8 Å². The second kappa shape index (κ2) is 9.93. The maximum absolute atomic E-state index is 13.3. The van der Waals surface area contributed by atoms with E-state index < -0.39 is 0 Å². The van der Waals surface area contributed by atoms with Crippen LogP contribution in [0.1, 0.15) is 34.3 Å². The van der Waals surface area contributed by atoms with Gasteiger partial charge in [-0.15, -0.1) is 0 Å². The first-order valence-corrected chi connectivity index (χ1v) is 11.7. The third-order valence-corrected chi connectivity index (χ3v) is 6.56. The maximum atomic E-state index is 13.3.